The predicted molar refractivity (Wildman–Crippen MR) is 138 cm³/mol. The zero-order valence-electron chi connectivity index (χ0n) is 19.0. The zero-order chi connectivity index (χ0) is 24.9. The quantitative estimate of drug-likeness (QED) is 0.186. The van der Waals surface area contributed by atoms with E-state index in [-0.39, 0.29) is 11.6 Å². The number of carboxylic acid groups (broad SMARTS) is 1. The van der Waals surface area contributed by atoms with E-state index in [1.165, 1.54) is 51.5 Å². The van der Waals surface area contributed by atoms with Crippen LogP contribution in [0, 0.1) is 6.92 Å². The average Bonchev–Trinajstić information content (AvgIpc) is 3.28. The first-order valence-electron chi connectivity index (χ1n) is 10.8. The third kappa shape index (κ3) is 5.85. The fourth-order valence-corrected chi connectivity index (χ4v) is 7.93. The summed E-state index contributed by atoms with van der Waals surface area (Å²) in [4.78, 5) is 39.6. The van der Waals surface area contributed by atoms with Crippen LogP contribution in [0.1, 0.15) is 22.7 Å². The molecule has 35 heavy (non-hydrogen) atoms. The lowest BCUT2D eigenvalue weighted by Gasteiger charge is -2.49. The van der Waals surface area contributed by atoms with Crippen LogP contribution in [0.4, 0.5) is 0 Å². The molecule has 1 aromatic carbocycles. The van der Waals surface area contributed by atoms with Gasteiger partial charge in [-0.25, -0.2) is 4.79 Å². The fraction of sp³-hybridized carbons (Fsp3) is 0.409. The molecule has 2 amide bonds. The topological polar surface area (TPSA) is 122 Å². The lowest BCUT2D eigenvalue weighted by molar-refractivity contribution is -0.150. The SMILES string of the molecule is CCOCSC(C(=O)N[C@H]1C(=O)N2C(C(=O)O)=C(CSc3nnc(C)s3)CSC12)c1ccccc1. The van der Waals surface area contributed by atoms with Gasteiger partial charge in [0.15, 0.2) is 4.34 Å². The van der Waals surface area contributed by atoms with Crippen molar-refractivity contribution < 1.29 is 24.2 Å². The maximum atomic E-state index is 13.2. The normalized spacial score (nSPS) is 20.3. The Morgan fingerprint density at radius 1 is 1.31 bits per heavy atom. The second kappa shape index (κ2) is 11.8. The Bertz CT molecular complexity index is 1130. The maximum absolute atomic E-state index is 13.2. The summed E-state index contributed by atoms with van der Waals surface area (Å²) in [5.74, 6) is -0.660. The molecule has 3 heterocycles. The molecule has 4 rings (SSSR count). The Kier molecular flexibility index (Phi) is 8.76. The number of rotatable bonds is 11. The summed E-state index contributed by atoms with van der Waals surface area (Å²) in [6.45, 7) is 4.28. The number of benzene rings is 1. The number of amides is 2. The first-order valence-corrected chi connectivity index (χ1v) is 14.7. The van der Waals surface area contributed by atoms with E-state index in [0.29, 0.717) is 29.6 Å². The van der Waals surface area contributed by atoms with Crippen molar-refractivity contribution in [1.82, 2.24) is 20.4 Å². The third-order valence-electron chi connectivity index (χ3n) is 5.29. The Hall–Kier alpha value is -2.06. The molecule has 1 saturated heterocycles. The number of β-lactam (4-membered cyclic amide) rings is 1. The van der Waals surface area contributed by atoms with Gasteiger partial charge < -0.3 is 15.2 Å². The van der Waals surface area contributed by atoms with E-state index in [1.54, 1.807) is 0 Å². The number of hydrogen-bond donors (Lipinski definition) is 2. The molecule has 13 heteroatoms. The molecule has 2 aromatic rings. The molecule has 2 unspecified atom stereocenters. The highest BCUT2D eigenvalue weighted by atomic mass is 32.2. The number of nitrogens with zero attached hydrogens (tertiary/aromatic N) is 3. The number of aliphatic carboxylic acids is 1. The van der Waals surface area contributed by atoms with E-state index in [0.717, 1.165) is 14.9 Å². The van der Waals surface area contributed by atoms with Crippen LogP contribution in [0.25, 0.3) is 0 Å². The van der Waals surface area contributed by atoms with Crippen LogP contribution in [-0.2, 0) is 19.1 Å². The molecular formula is C22H24N4O5S4. The van der Waals surface area contributed by atoms with Gasteiger partial charge in [0.05, 0.1) is 5.94 Å². The first-order chi connectivity index (χ1) is 16.9. The molecule has 3 atom stereocenters. The van der Waals surface area contributed by atoms with Crippen molar-refractivity contribution in [2.24, 2.45) is 0 Å². The van der Waals surface area contributed by atoms with Gasteiger partial charge in [-0.2, -0.15) is 0 Å². The van der Waals surface area contributed by atoms with E-state index in [9.17, 15) is 19.5 Å². The average molecular weight is 553 g/mol. The molecule has 1 fully saturated rings. The van der Waals surface area contributed by atoms with Crippen LogP contribution in [0.15, 0.2) is 45.9 Å². The van der Waals surface area contributed by atoms with Crippen LogP contribution >= 0.6 is 46.6 Å². The predicted octanol–water partition coefficient (Wildman–Crippen LogP) is 3.15. The second-order valence-corrected chi connectivity index (χ2v) is 12.1. The lowest BCUT2D eigenvalue weighted by atomic mass is 10.0. The highest BCUT2D eigenvalue weighted by Crippen LogP contribution is 2.42. The van der Waals surface area contributed by atoms with Gasteiger partial charge in [-0.1, -0.05) is 53.4 Å². The molecule has 1 aromatic heterocycles. The van der Waals surface area contributed by atoms with Crippen LogP contribution < -0.4 is 5.32 Å². The van der Waals surface area contributed by atoms with Gasteiger partial charge >= 0.3 is 5.97 Å². The highest BCUT2D eigenvalue weighted by Gasteiger charge is 2.54. The van der Waals surface area contributed by atoms with E-state index < -0.39 is 28.5 Å². The molecule has 0 radical (unpaired) electrons. The maximum Gasteiger partial charge on any atom is 0.352 e. The van der Waals surface area contributed by atoms with Crippen molar-refractivity contribution in [2.75, 3.05) is 24.1 Å². The number of carbonyl (C=O) groups is 3. The van der Waals surface area contributed by atoms with E-state index >= 15 is 0 Å². The third-order valence-corrected chi connectivity index (χ3v) is 9.81. The molecule has 0 spiro atoms. The largest absolute Gasteiger partial charge is 0.477 e. The number of fused-ring (bicyclic) bond motifs is 1. The Morgan fingerprint density at radius 2 is 2.09 bits per heavy atom. The van der Waals surface area contributed by atoms with Crippen LogP contribution in [0.5, 0.6) is 0 Å². The standard InChI is InChI=1S/C22H24N4O5S4/c1-3-31-11-34-17(13-7-5-4-6-8-13)18(27)23-15-19(28)26-16(21(29)30)14(9-32-20(15)26)10-33-22-25-24-12(2)35-22/h4-8,15,17,20H,3,9-11H2,1-2H3,(H,23,27)(H,29,30)/t15-,17?,20?/m0/s1. The van der Waals surface area contributed by atoms with Crippen molar-refractivity contribution in [3.63, 3.8) is 0 Å². The number of ether oxygens (including phenoxy) is 1. The molecule has 9 nitrogen and oxygen atoms in total. The van der Waals surface area contributed by atoms with E-state index in [1.807, 2.05) is 44.2 Å². The van der Waals surface area contributed by atoms with E-state index in [2.05, 4.69) is 15.5 Å². The second-order valence-electron chi connectivity index (χ2n) is 7.60. The smallest absolute Gasteiger partial charge is 0.352 e. The summed E-state index contributed by atoms with van der Waals surface area (Å²) in [5.41, 5.74) is 1.47. The summed E-state index contributed by atoms with van der Waals surface area (Å²) < 4.78 is 6.17. The van der Waals surface area contributed by atoms with Crippen molar-refractivity contribution in [1.29, 1.82) is 0 Å². The Morgan fingerprint density at radius 3 is 2.74 bits per heavy atom. The van der Waals surface area contributed by atoms with Crippen molar-refractivity contribution in [3.8, 4) is 0 Å². The zero-order valence-corrected chi connectivity index (χ0v) is 22.3. The molecule has 186 valence electrons. The van der Waals surface area contributed by atoms with Gasteiger partial charge in [0.25, 0.3) is 5.91 Å². The summed E-state index contributed by atoms with van der Waals surface area (Å²) >= 11 is 5.65. The number of thioether (sulfide) groups is 3. The Balaban J connectivity index is 1.46. The Labute approximate surface area is 219 Å². The molecule has 0 aliphatic carbocycles. The molecule has 0 saturated carbocycles. The summed E-state index contributed by atoms with van der Waals surface area (Å²) in [6, 6.07) is 8.54. The summed E-state index contributed by atoms with van der Waals surface area (Å²) in [7, 11) is 0. The summed E-state index contributed by atoms with van der Waals surface area (Å²) in [6.07, 6.45) is 0. The number of nitrogens with one attached hydrogen (secondary N) is 1. The van der Waals surface area contributed by atoms with Crippen molar-refractivity contribution >= 4 is 64.4 Å². The number of carboxylic acids is 1. The van der Waals surface area contributed by atoms with Gasteiger partial charge in [-0.05, 0) is 25.0 Å². The van der Waals surface area contributed by atoms with Crippen LogP contribution in [-0.4, -0.2) is 73.5 Å². The van der Waals surface area contributed by atoms with Gasteiger partial charge in [0, 0.05) is 18.1 Å². The molecule has 2 aliphatic heterocycles. The minimum atomic E-state index is -1.15. The molecule has 2 aliphatic rings. The van der Waals surface area contributed by atoms with Crippen molar-refractivity contribution in [3.05, 3.63) is 52.2 Å². The van der Waals surface area contributed by atoms with Crippen LogP contribution in [0.3, 0.4) is 0 Å². The molecule has 0 bridgehead atoms. The van der Waals surface area contributed by atoms with Crippen LogP contribution in [0.2, 0.25) is 0 Å². The van der Waals surface area contributed by atoms with Crippen molar-refractivity contribution in [2.45, 2.75) is 34.9 Å². The van der Waals surface area contributed by atoms with Gasteiger partial charge in [-0.3, -0.25) is 14.5 Å². The van der Waals surface area contributed by atoms with Gasteiger partial charge in [-0.15, -0.1) is 33.7 Å². The lowest BCUT2D eigenvalue weighted by Crippen LogP contribution is -2.70. The summed E-state index contributed by atoms with van der Waals surface area (Å²) in [5, 5.41) is 20.6. The van der Waals surface area contributed by atoms with Gasteiger partial charge in [0.2, 0.25) is 5.91 Å². The number of hydrogen-bond acceptors (Lipinski definition) is 10. The number of carbonyl (C=O) groups excluding carboxylic acids is 2. The van der Waals surface area contributed by atoms with E-state index in [4.69, 9.17) is 4.74 Å². The first kappa shape index (κ1) is 26.0. The number of aryl methyl sites for hydroxylation is 1. The highest BCUT2D eigenvalue weighted by molar-refractivity contribution is 8.02. The minimum absolute atomic E-state index is 0.00307. The fourth-order valence-electron chi connectivity index (χ4n) is 3.66. The molecular weight excluding hydrogens is 529 g/mol. The minimum Gasteiger partial charge on any atom is -0.477 e. The van der Waals surface area contributed by atoms with Gasteiger partial charge in [0.1, 0.15) is 27.4 Å². The monoisotopic (exact) mass is 552 g/mol. The number of aromatic nitrogens is 2. The molecule has 2 N–H and O–H groups in total.